The maximum absolute atomic E-state index is 9.68. The maximum Gasteiger partial charge on any atom is 0.116 e. The SMILES string of the molecule is Oc1cccc(-c2cc(-c3cc(-c4ccccc4)ccn3)ccn2)c1. The summed E-state index contributed by atoms with van der Waals surface area (Å²) in [5.74, 6) is 0.230. The summed E-state index contributed by atoms with van der Waals surface area (Å²) in [4.78, 5) is 8.93. The number of phenolic OH excluding ortho intramolecular Hbond substituents is 1. The Hall–Kier alpha value is -3.46. The Morgan fingerprint density at radius 3 is 1.84 bits per heavy atom. The van der Waals surface area contributed by atoms with Crippen LogP contribution >= 0.6 is 0 Å². The van der Waals surface area contributed by atoms with Gasteiger partial charge in [-0.3, -0.25) is 9.97 Å². The fraction of sp³-hybridized carbons (Fsp3) is 0. The lowest BCUT2D eigenvalue weighted by molar-refractivity contribution is 0.475. The molecule has 2 aromatic carbocycles. The summed E-state index contributed by atoms with van der Waals surface area (Å²) in [6, 6.07) is 25.4. The third-order valence-electron chi connectivity index (χ3n) is 4.06. The van der Waals surface area contributed by atoms with E-state index in [1.807, 2.05) is 54.7 Å². The van der Waals surface area contributed by atoms with Gasteiger partial charge in [-0.1, -0.05) is 42.5 Å². The molecule has 1 N–H and O–H groups in total. The van der Waals surface area contributed by atoms with Crippen LogP contribution in [0.25, 0.3) is 33.6 Å². The zero-order valence-electron chi connectivity index (χ0n) is 13.5. The molecule has 0 amide bonds. The summed E-state index contributed by atoms with van der Waals surface area (Å²) >= 11 is 0. The number of pyridine rings is 2. The Morgan fingerprint density at radius 2 is 1.12 bits per heavy atom. The van der Waals surface area contributed by atoms with E-state index >= 15 is 0 Å². The topological polar surface area (TPSA) is 46.0 Å². The van der Waals surface area contributed by atoms with E-state index in [1.54, 1.807) is 18.3 Å². The summed E-state index contributed by atoms with van der Waals surface area (Å²) in [7, 11) is 0. The third-order valence-corrected chi connectivity index (χ3v) is 4.06. The highest BCUT2D eigenvalue weighted by atomic mass is 16.3. The van der Waals surface area contributed by atoms with Crippen LogP contribution in [0.5, 0.6) is 5.75 Å². The van der Waals surface area contributed by atoms with Crippen molar-refractivity contribution < 1.29 is 5.11 Å². The first-order valence-corrected chi connectivity index (χ1v) is 8.07. The highest BCUT2D eigenvalue weighted by Crippen LogP contribution is 2.28. The second-order valence-electron chi connectivity index (χ2n) is 5.78. The molecule has 0 atom stereocenters. The Bertz CT molecular complexity index is 1010. The molecule has 2 heterocycles. The van der Waals surface area contributed by atoms with Crippen molar-refractivity contribution in [2.24, 2.45) is 0 Å². The van der Waals surface area contributed by atoms with E-state index < -0.39 is 0 Å². The van der Waals surface area contributed by atoms with Crippen LogP contribution in [0.4, 0.5) is 0 Å². The molecule has 4 aromatic rings. The molecule has 0 bridgehead atoms. The average molecular weight is 324 g/mol. The molecule has 3 nitrogen and oxygen atoms in total. The highest BCUT2D eigenvalue weighted by molar-refractivity contribution is 5.73. The largest absolute Gasteiger partial charge is 0.508 e. The molecule has 0 fully saturated rings. The zero-order valence-corrected chi connectivity index (χ0v) is 13.5. The molecule has 0 aliphatic carbocycles. The molecule has 0 spiro atoms. The maximum atomic E-state index is 9.68. The van der Waals surface area contributed by atoms with Crippen molar-refractivity contribution in [3.8, 4) is 39.4 Å². The number of nitrogens with zero attached hydrogens (tertiary/aromatic N) is 2. The Morgan fingerprint density at radius 1 is 0.520 bits per heavy atom. The summed E-state index contributed by atoms with van der Waals surface area (Å²) in [6.07, 6.45) is 3.59. The van der Waals surface area contributed by atoms with Crippen LogP contribution in [0.2, 0.25) is 0 Å². The smallest absolute Gasteiger partial charge is 0.116 e. The molecule has 0 unspecified atom stereocenters. The van der Waals surface area contributed by atoms with E-state index in [9.17, 15) is 5.11 Å². The first-order valence-electron chi connectivity index (χ1n) is 8.07. The minimum Gasteiger partial charge on any atom is -0.508 e. The minimum atomic E-state index is 0.230. The van der Waals surface area contributed by atoms with Crippen molar-refractivity contribution in [3.05, 3.63) is 91.3 Å². The molecule has 0 radical (unpaired) electrons. The molecule has 0 saturated carbocycles. The van der Waals surface area contributed by atoms with Crippen molar-refractivity contribution in [1.82, 2.24) is 9.97 Å². The van der Waals surface area contributed by atoms with Gasteiger partial charge in [-0.15, -0.1) is 0 Å². The monoisotopic (exact) mass is 324 g/mol. The molecule has 3 heteroatoms. The van der Waals surface area contributed by atoms with Gasteiger partial charge in [0, 0.05) is 23.5 Å². The van der Waals surface area contributed by atoms with Crippen molar-refractivity contribution in [2.45, 2.75) is 0 Å². The summed E-state index contributed by atoms with van der Waals surface area (Å²) in [5.41, 5.74) is 5.85. The number of phenols is 1. The van der Waals surface area contributed by atoms with E-state index in [0.717, 1.165) is 33.6 Å². The fourth-order valence-electron chi connectivity index (χ4n) is 2.81. The standard InChI is InChI=1S/C22H16N2O/c25-20-8-4-7-18(13-20)22-15-19(10-12-24-22)21-14-17(9-11-23-21)16-5-2-1-3-6-16/h1-15,25H. The fourth-order valence-corrected chi connectivity index (χ4v) is 2.81. The number of aromatic hydroxyl groups is 1. The van der Waals surface area contributed by atoms with Gasteiger partial charge in [-0.2, -0.15) is 0 Å². The van der Waals surface area contributed by atoms with E-state index in [2.05, 4.69) is 28.2 Å². The van der Waals surface area contributed by atoms with E-state index in [4.69, 9.17) is 0 Å². The van der Waals surface area contributed by atoms with Gasteiger partial charge >= 0.3 is 0 Å². The molecule has 0 aliphatic heterocycles. The number of hydrogen-bond donors (Lipinski definition) is 1. The number of aromatic nitrogens is 2. The van der Waals surface area contributed by atoms with E-state index in [-0.39, 0.29) is 5.75 Å². The van der Waals surface area contributed by atoms with E-state index in [1.165, 1.54) is 0 Å². The zero-order chi connectivity index (χ0) is 17.1. The average Bonchev–Trinajstić information content (AvgIpc) is 2.69. The van der Waals surface area contributed by atoms with Crippen molar-refractivity contribution in [3.63, 3.8) is 0 Å². The van der Waals surface area contributed by atoms with Gasteiger partial charge in [-0.05, 0) is 47.5 Å². The molecule has 0 aliphatic rings. The van der Waals surface area contributed by atoms with Crippen LogP contribution in [0.1, 0.15) is 0 Å². The molecule has 120 valence electrons. The van der Waals surface area contributed by atoms with E-state index in [0.29, 0.717) is 0 Å². The summed E-state index contributed by atoms with van der Waals surface area (Å²) in [6.45, 7) is 0. The first-order chi connectivity index (χ1) is 12.3. The van der Waals surface area contributed by atoms with Crippen LogP contribution in [-0.4, -0.2) is 15.1 Å². The van der Waals surface area contributed by atoms with Gasteiger partial charge in [0.1, 0.15) is 5.75 Å². The van der Waals surface area contributed by atoms with Crippen molar-refractivity contribution in [2.75, 3.05) is 0 Å². The lowest BCUT2D eigenvalue weighted by Gasteiger charge is -2.07. The number of hydrogen-bond acceptors (Lipinski definition) is 3. The normalized spacial score (nSPS) is 10.6. The van der Waals surface area contributed by atoms with Crippen LogP contribution < -0.4 is 0 Å². The van der Waals surface area contributed by atoms with Gasteiger partial charge in [0.15, 0.2) is 0 Å². The molecule has 2 aromatic heterocycles. The summed E-state index contributed by atoms with van der Waals surface area (Å²) in [5, 5.41) is 9.68. The predicted molar refractivity (Wildman–Crippen MR) is 100 cm³/mol. The minimum absolute atomic E-state index is 0.230. The predicted octanol–water partition coefficient (Wildman–Crippen LogP) is 5.18. The van der Waals surface area contributed by atoms with Crippen molar-refractivity contribution in [1.29, 1.82) is 0 Å². The molecule has 4 rings (SSSR count). The summed E-state index contributed by atoms with van der Waals surface area (Å²) < 4.78 is 0. The molecular formula is C22H16N2O. The van der Waals surface area contributed by atoms with Crippen LogP contribution in [0, 0.1) is 0 Å². The first kappa shape index (κ1) is 15.1. The van der Waals surface area contributed by atoms with Gasteiger partial charge in [-0.25, -0.2) is 0 Å². The quantitative estimate of drug-likeness (QED) is 0.564. The van der Waals surface area contributed by atoms with Gasteiger partial charge in [0.05, 0.1) is 11.4 Å². The van der Waals surface area contributed by atoms with Crippen LogP contribution in [-0.2, 0) is 0 Å². The second-order valence-corrected chi connectivity index (χ2v) is 5.78. The van der Waals surface area contributed by atoms with Crippen LogP contribution in [0.3, 0.4) is 0 Å². The van der Waals surface area contributed by atoms with Crippen LogP contribution in [0.15, 0.2) is 91.3 Å². The molecule has 25 heavy (non-hydrogen) atoms. The lowest BCUT2D eigenvalue weighted by atomic mass is 10.0. The Kier molecular flexibility index (Phi) is 3.97. The number of benzene rings is 2. The van der Waals surface area contributed by atoms with Gasteiger partial charge in [0.2, 0.25) is 0 Å². The Balaban J connectivity index is 1.75. The third kappa shape index (κ3) is 3.26. The molecular weight excluding hydrogens is 308 g/mol. The van der Waals surface area contributed by atoms with Crippen molar-refractivity contribution >= 4 is 0 Å². The number of rotatable bonds is 3. The second kappa shape index (κ2) is 6.57. The Labute approximate surface area is 146 Å². The highest BCUT2D eigenvalue weighted by Gasteiger charge is 2.06. The van der Waals surface area contributed by atoms with Gasteiger partial charge < -0.3 is 5.11 Å². The molecule has 0 saturated heterocycles. The lowest BCUT2D eigenvalue weighted by Crippen LogP contribution is -1.88. The van der Waals surface area contributed by atoms with Gasteiger partial charge in [0.25, 0.3) is 0 Å².